The van der Waals surface area contributed by atoms with Gasteiger partial charge in [0.15, 0.2) is 5.11 Å². The normalized spacial score (nSPS) is 31.5. The Balaban J connectivity index is 0.000000430. The molecule has 0 aromatic carbocycles. The summed E-state index contributed by atoms with van der Waals surface area (Å²) < 4.78 is 32.7. The number of carbonyl (C=O) groups is 4. The van der Waals surface area contributed by atoms with Gasteiger partial charge in [-0.05, 0) is 36.3 Å². The molecule has 0 radical (unpaired) electrons. The van der Waals surface area contributed by atoms with Crippen LogP contribution >= 0.6 is 24.4 Å². The number of isothiocyanates is 1. The molecule has 0 saturated carbocycles. The number of aliphatic imine (C=N–C) groups is 1. The summed E-state index contributed by atoms with van der Waals surface area (Å²) in [6.07, 6.45) is -2.20. The summed E-state index contributed by atoms with van der Waals surface area (Å²) in [6, 6.07) is 0. The summed E-state index contributed by atoms with van der Waals surface area (Å²) in [4.78, 5) is 48.4. The van der Waals surface area contributed by atoms with Crippen LogP contribution in [0.2, 0.25) is 0 Å². The minimum Gasteiger partial charge on any atom is -0.463 e. The lowest BCUT2D eigenvalue weighted by Crippen LogP contribution is -2.56. The van der Waals surface area contributed by atoms with E-state index >= 15 is 0 Å². The number of thiocarbonyl (C=S) groups is 2. The zero-order valence-corrected chi connectivity index (χ0v) is 27.7. The van der Waals surface area contributed by atoms with Gasteiger partial charge in [-0.15, -0.1) is 0 Å². The quantitative estimate of drug-likeness (QED) is 0.152. The van der Waals surface area contributed by atoms with E-state index in [2.05, 4.69) is 27.7 Å². The highest BCUT2D eigenvalue weighted by atomic mass is 32.1. The van der Waals surface area contributed by atoms with Gasteiger partial charge < -0.3 is 39.5 Å². The molecule has 43 heavy (non-hydrogen) atoms. The Kier molecular flexibility index (Phi) is 16.8. The van der Waals surface area contributed by atoms with E-state index in [4.69, 9.17) is 46.4 Å². The van der Waals surface area contributed by atoms with Crippen LogP contribution in [0.5, 0.6) is 0 Å². The van der Waals surface area contributed by atoms with Crippen molar-refractivity contribution in [3.8, 4) is 0 Å². The fraction of sp³-hybridized carbons (Fsp3) is 0.786. The van der Waals surface area contributed by atoms with E-state index in [9.17, 15) is 19.2 Å². The second kappa shape index (κ2) is 18.8. The molecule has 0 aromatic heterocycles. The minimum atomic E-state index is -0.420. The van der Waals surface area contributed by atoms with Crippen molar-refractivity contribution in [3.05, 3.63) is 0 Å². The molecule has 2 saturated heterocycles. The second-order valence-corrected chi connectivity index (χ2v) is 11.4. The van der Waals surface area contributed by atoms with Crippen molar-refractivity contribution in [2.24, 2.45) is 34.4 Å². The number of rotatable bonds is 10. The van der Waals surface area contributed by atoms with Crippen molar-refractivity contribution in [3.63, 3.8) is 0 Å². The summed E-state index contributed by atoms with van der Waals surface area (Å²) in [5, 5.41) is 5.25. The van der Waals surface area contributed by atoms with Gasteiger partial charge in [0.1, 0.15) is 37.6 Å². The summed E-state index contributed by atoms with van der Waals surface area (Å²) in [5.74, 6) is -1.22. The van der Waals surface area contributed by atoms with Gasteiger partial charge in [0.25, 0.3) is 0 Å². The van der Waals surface area contributed by atoms with Crippen LogP contribution in [-0.4, -0.2) is 97.1 Å². The number of carbonyl (C=O) groups excluding carboxylic acids is 4. The molecule has 0 bridgehead atoms. The molecule has 0 amide bonds. The fourth-order valence-corrected chi connectivity index (χ4v) is 5.13. The van der Waals surface area contributed by atoms with E-state index in [1.54, 1.807) is 0 Å². The van der Waals surface area contributed by atoms with Crippen molar-refractivity contribution in [1.82, 2.24) is 5.32 Å². The maximum atomic E-state index is 11.3. The number of ether oxygens (including phenoxy) is 6. The largest absolute Gasteiger partial charge is 0.463 e. The molecule has 2 heterocycles. The summed E-state index contributed by atoms with van der Waals surface area (Å²) in [7, 11) is 0. The van der Waals surface area contributed by atoms with E-state index in [1.165, 1.54) is 27.7 Å². The van der Waals surface area contributed by atoms with E-state index < -0.39 is 24.4 Å². The first-order valence-electron chi connectivity index (χ1n) is 14.1. The van der Waals surface area contributed by atoms with Crippen LogP contribution in [0.3, 0.4) is 0 Å². The smallest absolute Gasteiger partial charge is 0.303 e. The van der Waals surface area contributed by atoms with E-state index in [1.807, 2.05) is 27.7 Å². The monoisotopic (exact) mass is 647 g/mol. The minimum absolute atomic E-state index is 0.0383. The predicted octanol–water partition coefficient (Wildman–Crippen LogP) is 1.98. The average molecular weight is 648 g/mol. The van der Waals surface area contributed by atoms with Gasteiger partial charge in [-0.1, -0.05) is 27.7 Å². The molecule has 3 N–H and O–H groups in total. The number of nitrogens with one attached hydrogen (secondary N) is 1. The van der Waals surface area contributed by atoms with E-state index in [0.29, 0.717) is 6.54 Å². The molecular weight excluding hydrogens is 602 g/mol. The van der Waals surface area contributed by atoms with Crippen molar-refractivity contribution >= 4 is 58.6 Å². The molecular formula is C28H45N3O10S2. The fourth-order valence-electron chi connectivity index (χ4n) is 4.97. The van der Waals surface area contributed by atoms with Gasteiger partial charge in [0.2, 0.25) is 0 Å². The third kappa shape index (κ3) is 13.2. The number of nitrogens with zero attached hydrogens (tertiary/aromatic N) is 1. The SMILES string of the molecule is CC(=O)OCC1OC(CN=C=S)C(OC(C)=O)C(C)C1C.CC(=O)OCC1OC(CNC(N)=S)C(OC(C)=O)C(C)C1C. The highest BCUT2D eigenvalue weighted by molar-refractivity contribution is 7.80. The first kappa shape index (κ1) is 38.3. The maximum Gasteiger partial charge on any atom is 0.303 e. The van der Waals surface area contributed by atoms with Crippen LogP contribution in [0.25, 0.3) is 0 Å². The molecule has 2 aliphatic heterocycles. The van der Waals surface area contributed by atoms with Crippen molar-refractivity contribution in [1.29, 1.82) is 0 Å². The third-order valence-electron chi connectivity index (χ3n) is 7.62. The summed E-state index contributed by atoms with van der Waals surface area (Å²) in [5.41, 5.74) is 5.44. The number of nitrogens with two attached hydrogens (primary N) is 1. The lowest BCUT2D eigenvalue weighted by molar-refractivity contribution is -0.201. The predicted molar refractivity (Wildman–Crippen MR) is 163 cm³/mol. The molecule has 244 valence electrons. The lowest BCUT2D eigenvalue weighted by Gasteiger charge is -2.44. The molecule has 15 heteroatoms. The number of esters is 4. The summed E-state index contributed by atoms with van der Waals surface area (Å²) in [6.45, 7) is 14.3. The molecule has 0 spiro atoms. The zero-order valence-electron chi connectivity index (χ0n) is 26.0. The number of hydrogen-bond acceptors (Lipinski definition) is 13. The van der Waals surface area contributed by atoms with Crippen molar-refractivity contribution < 1.29 is 47.6 Å². The second-order valence-electron chi connectivity index (χ2n) is 10.8. The Morgan fingerprint density at radius 2 is 1.16 bits per heavy atom. The Morgan fingerprint density at radius 3 is 1.53 bits per heavy atom. The first-order valence-corrected chi connectivity index (χ1v) is 14.9. The topological polar surface area (TPSA) is 174 Å². The molecule has 2 aliphatic rings. The molecule has 13 nitrogen and oxygen atoms in total. The van der Waals surface area contributed by atoms with E-state index in [-0.39, 0.29) is 84.6 Å². The highest BCUT2D eigenvalue weighted by Gasteiger charge is 2.44. The molecule has 0 aromatic rings. The van der Waals surface area contributed by atoms with Crippen LogP contribution in [0.15, 0.2) is 4.99 Å². The van der Waals surface area contributed by atoms with Gasteiger partial charge in [-0.2, -0.15) is 0 Å². The summed E-state index contributed by atoms with van der Waals surface area (Å²) >= 11 is 9.36. The van der Waals surface area contributed by atoms with Crippen molar-refractivity contribution in [2.75, 3.05) is 26.3 Å². The standard InChI is InChI=1S/C14H24N2O5S.C14H21NO5S/c1-7-8(2)13(20-10(4)18)11(5-16-14(15)22)21-12(7)6-19-9(3)17;1-8-9(2)14(19-11(4)17)12(5-15-7-21)20-13(8)6-18-10(3)16/h7-8,11-13H,5-6H2,1-4H3,(H3,15,16,22);8-9,12-14H,5-6H2,1-4H3. The van der Waals surface area contributed by atoms with Crippen molar-refractivity contribution in [2.45, 2.75) is 92.0 Å². The van der Waals surface area contributed by atoms with Crippen LogP contribution in [-0.2, 0) is 47.6 Å². The van der Waals surface area contributed by atoms with Gasteiger partial charge >= 0.3 is 23.9 Å². The van der Waals surface area contributed by atoms with Crippen LogP contribution in [0.4, 0.5) is 0 Å². The molecule has 10 atom stereocenters. The molecule has 2 fully saturated rings. The Morgan fingerprint density at radius 1 is 0.744 bits per heavy atom. The van der Waals surface area contributed by atoms with Crippen LogP contribution in [0, 0.1) is 23.7 Å². The Bertz CT molecular complexity index is 1020. The maximum absolute atomic E-state index is 11.3. The molecule has 10 unspecified atom stereocenters. The molecule has 0 aliphatic carbocycles. The Labute approximate surface area is 263 Å². The highest BCUT2D eigenvalue weighted by Crippen LogP contribution is 2.34. The van der Waals surface area contributed by atoms with E-state index in [0.717, 1.165) is 0 Å². The number of hydrogen-bond donors (Lipinski definition) is 2. The average Bonchev–Trinajstić information content (AvgIpc) is 2.91. The van der Waals surface area contributed by atoms with Crippen LogP contribution in [0.1, 0.15) is 55.4 Å². The first-order chi connectivity index (χ1) is 20.1. The Hall–Kier alpha value is -2.71. The van der Waals surface area contributed by atoms with Gasteiger partial charge in [-0.25, -0.2) is 4.99 Å². The van der Waals surface area contributed by atoms with Gasteiger partial charge in [0, 0.05) is 46.1 Å². The van der Waals surface area contributed by atoms with Gasteiger partial charge in [0.05, 0.1) is 23.9 Å². The van der Waals surface area contributed by atoms with Crippen LogP contribution < -0.4 is 11.1 Å². The third-order valence-corrected chi connectivity index (χ3v) is 7.89. The van der Waals surface area contributed by atoms with Gasteiger partial charge in [-0.3, -0.25) is 19.2 Å². The molecule has 2 rings (SSSR count). The zero-order chi connectivity index (χ0) is 32.9. The lowest BCUT2D eigenvalue weighted by atomic mass is 9.81.